The Morgan fingerprint density at radius 3 is 2.21 bits per heavy atom. The quantitative estimate of drug-likeness (QED) is 0.745. The van der Waals surface area contributed by atoms with E-state index in [1.807, 2.05) is 0 Å². The Morgan fingerprint density at radius 2 is 1.67 bits per heavy atom. The smallest absolute Gasteiger partial charge is 0.261 e. The Hall–Kier alpha value is -2.02. The second-order valence-corrected chi connectivity index (χ2v) is 7.34. The normalized spacial score (nSPS) is 10.9. The Morgan fingerprint density at radius 1 is 1.08 bits per heavy atom. The van der Waals surface area contributed by atoms with Crippen LogP contribution in [0.3, 0.4) is 0 Å². The summed E-state index contributed by atoms with van der Waals surface area (Å²) in [6, 6.07) is 9.94. The van der Waals surface area contributed by atoms with Gasteiger partial charge in [0.1, 0.15) is 0 Å². The van der Waals surface area contributed by atoms with E-state index >= 15 is 0 Å². The third kappa shape index (κ3) is 4.74. The van der Waals surface area contributed by atoms with Gasteiger partial charge in [0.25, 0.3) is 15.9 Å². The molecular formula is C16H14Cl2N2O3S. The van der Waals surface area contributed by atoms with Gasteiger partial charge in [0.05, 0.1) is 10.6 Å². The highest BCUT2D eigenvalue weighted by atomic mass is 35.5. The zero-order valence-electron chi connectivity index (χ0n) is 12.4. The predicted molar refractivity (Wildman–Crippen MR) is 96.2 cm³/mol. The van der Waals surface area contributed by atoms with E-state index in [4.69, 9.17) is 23.2 Å². The standard InChI is InChI=1S/C16H14Cl2N2O3S/c1-2-7-19-16(21)11-3-5-15(6-4-11)24(22,23)20-14-9-12(17)8-13(18)10-14/h2-6,8-10,20H,1,7H2,(H,19,21). The lowest BCUT2D eigenvalue weighted by Crippen LogP contribution is -2.23. The molecule has 0 bridgehead atoms. The van der Waals surface area contributed by atoms with Gasteiger partial charge in [0.2, 0.25) is 0 Å². The van der Waals surface area contributed by atoms with Gasteiger partial charge in [-0.3, -0.25) is 9.52 Å². The predicted octanol–water partition coefficient (Wildman–Crippen LogP) is 3.71. The lowest BCUT2D eigenvalue weighted by molar-refractivity contribution is 0.0958. The minimum absolute atomic E-state index is 0.0128. The van der Waals surface area contributed by atoms with Crippen molar-refractivity contribution in [2.45, 2.75) is 4.90 Å². The second-order valence-electron chi connectivity index (χ2n) is 4.79. The molecule has 8 heteroatoms. The Kier molecular flexibility index (Phi) is 5.88. The van der Waals surface area contributed by atoms with E-state index < -0.39 is 10.0 Å². The largest absolute Gasteiger partial charge is 0.349 e. The number of sulfonamides is 1. The van der Waals surface area contributed by atoms with Crippen molar-refractivity contribution in [2.75, 3.05) is 11.3 Å². The van der Waals surface area contributed by atoms with Crippen LogP contribution in [0.4, 0.5) is 5.69 Å². The molecule has 126 valence electrons. The summed E-state index contributed by atoms with van der Waals surface area (Å²) in [4.78, 5) is 11.8. The van der Waals surface area contributed by atoms with Crippen LogP contribution in [0.1, 0.15) is 10.4 Å². The topological polar surface area (TPSA) is 75.3 Å². The molecule has 0 saturated heterocycles. The Labute approximate surface area is 150 Å². The lowest BCUT2D eigenvalue weighted by atomic mass is 10.2. The molecule has 2 N–H and O–H groups in total. The number of hydrogen-bond donors (Lipinski definition) is 2. The third-order valence-corrected chi connectivity index (χ3v) is 4.78. The number of nitrogens with one attached hydrogen (secondary N) is 2. The summed E-state index contributed by atoms with van der Waals surface area (Å²) >= 11 is 11.7. The van der Waals surface area contributed by atoms with E-state index in [1.54, 1.807) is 6.08 Å². The van der Waals surface area contributed by atoms with Gasteiger partial charge in [-0.15, -0.1) is 6.58 Å². The van der Waals surface area contributed by atoms with Crippen LogP contribution in [-0.2, 0) is 10.0 Å². The number of benzene rings is 2. The molecule has 0 unspecified atom stereocenters. The number of hydrogen-bond acceptors (Lipinski definition) is 3. The molecule has 0 fully saturated rings. The fourth-order valence-electron chi connectivity index (χ4n) is 1.88. The van der Waals surface area contributed by atoms with E-state index in [0.29, 0.717) is 22.2 Å². The Bertz CT molecular complexity index is 845. The third-order valence-electron chi connectivity index (χ3n) is 2.95. The number of rotatable bonds is 6. The molecule has 5 nitrogen and oxygen atoms in total. The van der Waals surface area contributed by atoms with Crippen molar-refractivity contribution in [1.29, 1.82) is 0 Å². The molecule has 2 aromatic rings. The van der Waals surface area contributed by atoms with Gasteiger partial charge in [0, 0.05) is 22.2 Å². The number of carbonyl (C=O) groups is 1. The van der Waals surface area contributed by atoms with Gasteiger partial charge in [-0.2, -0.15) is 0 Å². The van der Waals surface area contributed by atoms with Crippen molar-refractivity contribution in [2.24, 2.45) is 0 Å². The molecule has 24 heavy (non-hydrogen) atoms. The highest BCUT2D eigenvalue weighted by Gasteiger charge is 2.15. The number of anilines is 1. The van der Waals surface area contributed by atoms with E-state index in [9.17, 15) is 13.2 Å². The van der Waals surface area contributed by atoms with E-state index in [-0.39, 0.29) is 16.5 Å². The van der Waals surface area contributed by atoms with Gasteiger partial charge in [-0.25, -0.2) is 8.42 Å². The molecule has 0 spiro atoms. The summed E-state index contributed by atoms with van der Waals surface area (Å²) < 4.78 is 27.1. The van der Waals surface area contributed by atoms with Gasteiger partial charge in [-0.05, 0) is 42.5 Å². The first-order valence-corrected chi connectivity index (χ1v) is 9.04. The minimum Gasteiger partial charge on any atom is -0.349 e. The maximum absolute atomic E-state index is 12.4. The van der Waals surface area contributed by atoms with Crippen LogP contribution in [0.5, 0.6) is 0 Å². The molecule has 2 rings (SSSR count). The van der Waals surface area contributed by atoms with Crippen LogP contribution in [0.25, 0.3) is 0 Å². The molecular weight excluding hydrogens is 371 g/mol. The highest BCUT2D eigenvalue weighted by molar-refractivity contribution is 7.92. The van der Waals surface area contributed by atoms with Crippen LogP contribution in [0.15, 0.2) is 60.0 Å². The van der Waals surface area contributed by atoms with Gasteiger partial charge >= 0.3 is 0 Å². The van der Waals surface area contributed by atoms with Crippen LogP contribution >= 0.6 is 23.2 Å². The van der Waals surface area contributed by atoms with Crippen LogP contribution in [0.2, 0.25) is 10.0 Å². The molecule has 0 heterocycles. The average Bonchev–Trinajstić information content (AvgIpc) is 2.51. The summed E-state index contributed by atoms with van der Waals surface area (Å²) in [6.45, 7) is 3.83. The summed E-state index contributed by atoms with van der Waals surface area (Å²) in [5.41, 5.74) is 0.599. The summed E-state index contributed by atoms with van der Waals surface area (Å²) in [6.07, 6.45) is 1.55. The van der Waals surface area contributed by atoms with Crippen molar-refractivity contribution in [3.8, 4) is 0 Å². The molecule has 1 amide bonds. The number of halogens is 2. The maximum atomic E-state index is 12.4. The van der Waals surface area contributed by atoms with Gasteiger partial charge in [-0.1, -0.05) is 29.3 Å². The average molecular weight is 385 g/mol. The van der Waals surface area contributed by atoms with Gasteiger partial charge < -0.3 is 5.32 Å². The van der Waals surface area contributed by atoms with Crippen molar-refractivity contribution in [3.63, 3.8) is 0 Å². The zero-order chi connectivity index (χ0) is 17.7. The summed E-state index contributed by atoms with van der Waals surface area (Å²) in [5.74, 6) is -0.312. The van der Waals surface area contributed by atoms with E-state index in [2.05, 4.69) is 16.6 Å². The molecule has 0 saturated carbocycles. The first kappa shape index (κ1) is 18.3. The molecule has 2 aromatic carbocycles. The SMILES string of the molecule is C=CCNC(=O)c1ccc(S(=O)(=O)Nc2cc(Cl)cc(Cl)c2)cc1. The van der Waals surface area contributed by atoms with E-state index in [0.717, 1.165) is 0 Å². The van der Waals surface area contributed by atoms with Crippen molar-refractivity contribution in [1.82, 2.24) is 5.32 Å². The number of carbonyl (C=O) groups excluding carboxylic acids is 1. The zero-order valence-corrected chi connectivity index (χ0v) is 14.8. The molecule has 0 aliphatic heterocycles. The Balaban J connectivity index is 2.20. The van der Waals surface area contributed by atoms with Crippen molar-refractivity contribution >= 4 is 44.8 Å². The van der Waals surface area contributed by atoms with Crippen LogP contribution in [-0.4, -0.2) is 20.9 Å². The monoisotopic (exact) mass is 384 g/mol. The first-order valence-electron chi connectivity index (χ1n) is 6.80. The van der Waals surface area contributed by atoms with Gasteiger partial charge in [0.15, 0.2) is 0 Å². The van der Waals surface area contributed by atoms with Crippen molar-refractivity contribution in [3.05, 3.63) is 70.7 Å². The van der Waals surface area contributed by atoms with E-state index in [1.165, 1.54) is 42.5 Å². The molecule has 0 atom stereocenters. The highest BCUT2D eigenvalue weighted by Crippen LogP contribution is 2.24. The first-order chi connectivity index (χ1) is 11.3. The van der Waals surface area contributed by atoms with Crippen molar-refractivity contribution < 1.29 is 13.2 Å². The lowest BCUT2D eigenvalue weighted by Gasteiger charge is -2.09. The fraction of sp³-hybridized carbons (Fsp3) is 0.0625. The molecule has 0 aliphatic carbocycles. The second kappa shape index (κ2) is 7.70. The summed E-state index contributed by atoms with van der Waals surface area (Å²) in [7, 11) is -3.82. The number of amides is 1. The molecule has 0 aromatic heterocycles. The summed E-state index contributed by atoms with van der Waals surface area (Å²) in [5, 5.41) is 3.24. The minimum atomic E-state index is -3.82. The van der Waals surface area contributed by atoms with Crippen LogP contribution in [0, 0.1) is 0 Å². The molecule has 0 aliphatic rings. The van der Waals surface area contributed by atoms with Crippen LogP contribution < -0.4 is 10.0 Å². The fourth-order valence-corrected chi connectivity index (χ4v) is 3.45. The maximum Gasteiger partial charge on any atom is 0.261 e. The molecule has 0 radical (unpaired) electrons.